The first-order chi connectivity index (χ1) is 16.8. The highest BCUT2D eigenvalue weighted by atomic mass is 16.3. The molecule has 2 heterocycles. The largest absolute Gasteiger partial charge is 0.455 e. The van der Waals surface area contributed by atoms with Gasteiger partial charge in [0, 0.05) is 27.9 Å². The predicted molar refractivity (Wildman–Crippen MR) is 141 cm³/mol. The Labute approximate surface area is 197 Å². The van der Waals surface area contributed by atoms with E-state index < -0.39 is 0 Å². The van der Waals surface area contributed by atoms with Crippen molar-refractivity contribution in [1.29, 1.82) is 0 Å². The summed E-state index contributed by atoms with van der Waals surface area (Å²) in [6.07, 6.45) is 2.78. The van der Waals surface area contributed by atoms with Crippen LogP contribution in [0.1, 0.15) is 11.1 Å². The number of nitrogens with zero attached hydrogens (tertiary/aromatic N) is 1. The molecule has 0 saturated carbocycles. The normalized spacial score (nSPS) is 11.6. The highest BCUT2D eigenvalue weighted by Crippen LogP contribution is 2.39. The third kappa shape index (κ3) is 3.00. The average Bonchev–Trinajstić information content (AvgIpc) is 3.28. The molecule has 0 bridgehead atoms. The summed E-state index contributed by atoms with van der Waals surface area (Å²) in [6, 6.07) is 38.5. The molecule has 0 fully saturated rings. The van der Waals surface area contributed by atoms with Gasteiger partial charge in [-0.05, 0) is 64.0 Å². The maximum atomic E-state index is 6.62. The standard InChI is InChI=1S/C32H21NO/c1-2-7-21(8-3-1)19-22-17-18-33-30(20-22)29-12-6-11-26-28-16-15-25-24-10-5-4-9-23(24)13-14-27(25)31(28)34-32(26)29/h1-18,20H,19H2. The number of benzene rings is 5. The van der Waals surface area contributed by atoms with Crippen LogP contribution in [0.2, 0.25) is 0 Å². The molecule has 160 valence electrons. The van der Waals surface area contributed by atoms with Crippen molar-refractivity contribution >= 4 is 43.5 Å². The first kappa shape index (κ1) is 19.1. The molecular formula is C32H21NO. The van der Waals surface area contributed by atoms with Crippen molar-refractivity contribution in [2.75, 3.05) is 0 Å². The maximum absolute atomic E-state index is 6.62. The summed E-state index contributed by atoms with van der Waals surface area (Å²) in [4.78, 5) is 4.71. The minimum atomic E-state index is 0.879. The molecule has 0 amide bonds. The summed E-state index contributed by atoms with van der Waals surface area (Å²) >= 11 is 0. The van der Waals surface area contributed by atoms with Gasteiger partial charge in [0.1, 0.15) is 11.2 Å². The van der Waals surface area contributed by atoms with E-state index in [1.54, 1.807) is 0 Å². The molecule has 0 aliphatic heterocycles. The molecule has 2 nitrogen and oxygen atoms in total. The molecule has 0 unspecified atom stereocenters. The third-order valence-electron chi connectivity index (χ3n) is 6.74. The molecule has 34 heavy (non-hydrogen) atoms. The van der Waals surface area contributed by atoms with Crippen LogP contribution in [0.5, 0.6) is 0 Å². The lowest BCUT2D eigenvalue weighted by Crippen LogP contribution is -1.91. The molecule has 0 aliphatic carbocycles. The second-order valence-corrected chi connectivity index (χ2v) is 8.82. The van der Waals surface area contributed by atoms with Gasteiger partial charge >= 0.3 is 0 Å². The van der Waals surface area contributed by atoms with E-state index in [2.05, 4.69) is 109 Å². The number of rotatable bonds is 3. The Hall–Kier alpha value is -4.43. The van der Waals surface area contributed by atoms with Gasteiger partial charge in [0.15, 0.2) is 0 Å². The minimum absolute atomic E-state index is 0.879. The van der Waals surface area contributed by atoms with Crippen LogP contribution in [0.3, 0.4) is 0 Å². The Morgan fingerprint density at radius 1 is 0.529 bits per heavy atom. The van der Waals surface area contributed by atoms with Crippen molar-refractivity contribution in [2.24, 2.45) is 0 Å². The topological polar surface area (TPSA) is 26.0 Å². The first-order valence-corrected chi connectivity index (χ1v) is 11.6. The van der Waals surface area contributed by atoms with Crippen molar-refractivity contribution in [2.45, 2.75) is 6.42 Å². The van der Waals surface area contributed by atoms with Gasteiger partial charge in [-0.1, -0.05) is 78.9 Å². The van der Waals surface area contributed by atoms with Crippen LogP contribution in [-0.2, 0) is 6.42 Å². The molecule has 7 aromatic rings. The van der Waals surface area contributed by atoms with Crippen LogP contribution in [-0.4, -0.2) is 4.98 Å². The summed E-state index contributed by atoms with van der Waals surface area (Å²) in [5, 5.41) is 7.11. The predicted octanol–water partition coefficient (Wildman–Crippen LogP) is 8.55. The molecule has 0 N–H and O–H groups in total. The summed E-state index contributed by atoms with van der Waals surface area (Å²) < 4.78 is 6.62. The third-order valence-corrected chi connectivity index (χ3v) is 6.74. The van der Waals surface area contributed by atoms with E-state index in [-0.39, 0.29) is 0 Å². The Morgan fingerprint density at radius 3 is 2.21 bits per heavy atom. The molecule has 7 rings (SSSR count). The molecule has 5 aromatic carbocycles. The summed E-state index contributed by atoms with van der Waals surface area (Å²) in [5.41, 5.74) is 6.32. The van der Waals surface area contributed by atoms with Crippen LogP contribution < -0.4 is 0 Å². The van der Waals surface area contributed by atoms with E-state index in [9.17, 15) is 0 Å². The van der Waals surface area contributed by atoms with Gasteiger partial charge in [-0.3, -0.25) is 4.98 Å². The van der Waals surface area contributed by atoms with E-state index >= 15 is 0 Å². The van der Waals surface area contributed by atoms with Gasteiger partial charge in [-0.25, -0.2) is 0 Å². The highest BCUT2D eigenvalue weighted by molar-refractivity contribution is 6.21. The molecule has 0 saturated heterocycles. The molecule has 0 atom stereocenters. The lowest BCUT2D eigenvalue weighted by Gasteiger charge is -2.06. The van der Waals surface area contributed by atoms with Crippen LogP contribution in [0.4, 0.5) is 0 Å². The van der Waals surface area contributed by atoms with Crippen molar-refractivity contribution in [1.82, 2.24) is 4.98 Å². The zero-order valence-electron chi connectivity index (χ0n) is 18.5. The van der Waals surface area contributed by atoms with Gasteiger partial charge in [0.2, 0.25) is 0 Å². The number of hydrogen-bond acceptors (Lipinski definition) is 2. The van der Waals surface area contributed by atoms with Crippen LogP contribution >= 0.6 is 0 Å². The lowest BCUT2D eigenvalue weighted by atomic mass is 9.99. The number of hydrogen-bond donors (Lipinski definition) is 0. The van der Waals surface area contributed by atoms with Gasteiger partial charge in [0.25, 0.3) is 0 Å². The lowest BCUT2D eigenvalue weighted by molar-refractivity contribution is 0.673. The number of aromatic nitrogens is 1. The second kappa shape index (κ2) is 7.57. The molecule has 0 aliphatic rings. The second-order valence-electron chi connectivity index (χ2n) is 8.82. The number of pyridine rings is 1. The monoisotopic (exact) mass is 435 g/mol. The Balaban J connectivity index is 1.43. The number of para-hydroxylation sites is 1. The fourth-order valence-corrected chi connectivity index (χ4v) is 5.11. The van der Waals surface area contributed by atoms with Gasteiger partial charge in [-0.2, -0.15) is 0 Å². The van der Waals surface area contributed by atoms with Gasteiger partial charge < -0.3 is 4.42 Å². The Bertz CT molecular complexity index is 1830. The van der Waals surface area contributed by atoms with Crippen molar-refractivity contribution in [3.63, 3.8) is 0 Å². The summed E-state index contributed by atoms with van der Waals surface area (Å²) in [6.45, 7) is 0. The maximum Gasteiger partial charge on any atom is 0.144 e. The smallest absolute Gasteiger partial charge is 0.144 e. The average molecular weight is 436 g/mol. The Morgan fingerprint density at radius 2 is 1.26 bits per heavy atom. The Kier molecular flexibility index (Phi) is 4.25. The number of furan rings is 1. The van der Waals surface area contributed by atoms with Crippen molar-refractivity contribution < 1.29 is 4.42 Å². The summed E-state index contributed by atoms with van der Waals surface area (Å²) in [5.74, 6) is 0. The van der Waals surface area contributed by atoms with Crippen molar-refractivity contribution in [3.05, 3.63) is 127 Å². The zero-order chi connectivity index (χ0) is 22.5. The van der Waals surface area contributed by atoms with Crippen LogP contribution in [0, 0.1) is 0 Å². The quantitative estimate of drug-likeness (QED) is 0.260. The SMILES string of the molecule is c1ccc(Cc2ccnc(-c3cccc4c3oc3c4ccc4c5ccccc5ccc43)c2)cc1. The van der Waals surface area contributed by atoms with E-state index in [4.69, 9.17) is 9.40 Å². The summed E-state index contributed by atoms with van der Waals surface area (Å²) in [7, 11) is 0. The highest BCUT2D eigenvalue weighted by Gasteiger charge is 2.16. The van der Waals surface area contributed by atoms with E-state index in [1.807, 2.05) is 6.20 Å². The van der Waals surface area contributed by atoms with Crippen LogP contribution in [0.15, 0.2) is 120 Å². The fraction of sp³-hybridized carbons (Fsp3) is 0.0312. The van der Waals surface area contributed by atoms with Crippen molar-refractivity contribution in [3.8, 4) is 11.3 Å². The fourth-order valence-electron chi connectivity index (χ4n) is 5.11. The van der Waals surface area contributed by atoms with E-state index in [0.717, 1.165) is 45.0 Å². The zero-order valence-corrected chi connectivity index (χ0v) is 18.5. The molecule has 0 radical (unpaired) electrons. The molecule has 2 heteroatoms. The first-order valence-electron chi connectivity index (χ1n) is 11.6. The van der Waals surface area contributed by atoms with E-state index in [0.29, 0.717) is 0 Å². The minimum Gasteiger partial charge on any atom is -0.455 e. The molecule has 2 aromatic heterocycles. The van der Waals surface area contributed by atoms with Gasteiger partial charge in [0.05, 0.1) is 5.69 Å². The molecular weight excluding hydrogens is 414 g/mol. The van der Waals surface area contributed by atoms with Crippen LogP contribution in [0.25, 0.3) is 54.7 Å². The van der Waals surface area contributed by atoms with Gasteiger partial charge in [-0.15, -0.1) is 0 Å². The van der Waals surface area contributed by atoms with E-state index in [1.165, 1.54) is 27.3 Å². The number of fused-ring (bicyclic) bond motifs is 7. The molecule has 0 spiro atoms.